The van der Waals surface area contributed by atoms with E-state index in [0.717, 1.165) is 5.75 Å². The molecular weight excluding hydrogens is 308 g/mol. The van der Waals surface area contributed by atoms with Crippen molar-refractivity contribution >= 4 is 35.2 Å². The molecule has 6 heteroatoms. The number of hydrogen-bond acceptors (Lipinski definition) is 3. The minimum Gasteiger partial charge on any atom is -0.352 e. The number of benzene rings is 1. The summed E-state index contributed by atoms with van der Waals surface area (Å²) in [6, 6.07) is 6.28. The third kappa shape index (κ3) is 5.98. The first-order valence-corrected chi connectivity index (χ1v) is 8.57. The molecule has 0 aromatic heterocycles. The molecule has 1 aromatic rings. The minimum absolute atomic E-state index is 0.0338. The van der Waals surface area contributed by atoms with Gasteiger partial charge in [0.2, 0.25) is 5.91 Å². The Balaban J connectivity index is 2.78. The zero-order chi connectivity index (χ0) is 15.8. The van der Waals surface area contributed by atoms with Crippen LogP contribution < -0.4 is 10.6 Å². The van der Waals surface area contributed by atoms with Gasteiger partial charge in [0, 0.05) is 6.04 Å². The Kier molecular flexibility index (Phi) is 7.61. The normalized spacial score (nSPS) is 12.0. The van der Waals surface area contributed by atoms with Gasteiger partial charge in [-0.1, -0.05) is 23.7 Å². The van der Waals surface area contributed by atoms with Gasteiger partial charge in [-0.3, -0.25) is 9.59 Å². The van der Waals surface area contributed by atoms with E-state index in [0.29, 0.717) is 17.0 Å². The first-order valence-electron chi connectivity index (χ1n) is 6.80. The van der Waals surface area contributed by atoms with Gasteiger partial charge in [0.25, 0.3) is 5.91 Å². The molecule has 0 spiro atoms. The largest absolute Gasteiger partial charge is 0.352 e. The van der Waals surface area contributed by atoms with Crippen LogP contribution in [0.2, 0.25) is 5.02 Å². The monoisotopic (exact) mass is 328 g/mol. The fourth-order valence-corrected chi connectivity index (χ4v) is 2.46. The number of carbonyl (C=O) groups is 2. The summed E-state index contributed by atoms with van der Waals surface area (Å²) in [7, 11) is 0. The van der Waals surface area contributed by atoms with E-state index >= 15 is 0 Å². The zero-order valence-electron chi connectivity index (χ0n) is 12.5. The Bertz CT molecular complexity index is 494. The van der Waals surface area contributed by atoms with Crippen LogP contribution in [0.5, 0.6) is 0 Å². The maximum atomic E-state index is 12.2. The van der Waals surface area contributed by atoms with Gasteiger partial charge < -0.3 is 10.6 Å². The fraction of sp³-hybridized carbons (Fsp3) is 0.467. The third-order valence-electron chi connectivity index (χ3n) is 2.78. The summed E-state index contributed by atoms with van der Waals surface area (Å²) in [4.78, 5) is 24.4. The van der Waals surface area contributed by atoms with Gasteiger partial charge in [-0.05, 0) is 44.4 Å². The first-order chi connectivity index (χ1) is 9.95. The van der Waals surface area contributed by atoms with Crippen molar-refractivity contribution in [2.75, 3.05) is 12.0 Å². The van der Waals surface area contributed by atoms with Crippen LogP contribution >= 0.6 is 23.4 Å². The van der Waals surface area contributed by atoms with E-state index < -0.39 is 6.04 Å². The molecule has 0 bridgehead atoms. The van der Waals surface area contributed by atoms with Crippen molar-refractivity contribution in [2.45, 2.75) is 32.4 Å². The number of rotatable bonds is 7. The third-order valence-corrected chi connectivity index (χ3v) is 3.76. The Labute approximate surface area is 135 Å². The Hall–Kier alpha value is -1.20. The van der Waals surface area contributed by atoms with E-state index in [9.17, 15) is 9.59 Å². The summed E-state index contributed by atoms with van der Waals surface area (Å²) in [5, 5.41) is 5.97. The van der Waals surface area contributed by atoms with Crippen molar-refractivity contribution in [3.8, 4) is 0 Å². The molecule has 0 heterocycles. The molecule has 0 aliphatic heterocycles. The molecule has 21 heavy (non-hydrogen) atoms. The van der Waals surface area contributed by atoms with E-state index in [2.05, 4.69) is 10.6 Å². The van der Waals surface area contributed by atoms with Gasteiger partial charge in [-0.2, -0.15) is 11.8 Å². The maximum Gasteiger partial charge on any atom is 0.253 e. The van der Waals surface area contributed by atoms with Crippen LogP contribution in [-0.2, 0) is 4.79 Å². The predicted molar refractivity (Wildman–Crippen MR) is 89.0 cm³/mol. The standard InChI is InChI=1S/C15H21ClN2O2S/c1-10(2)17-15(20)13(8-9-21-3)18-14(19)11-6-4-5-7-12(11)16/h4-7,10,13H,8-9H2,1-3H3,(H,17,20)(H,18,19)/t13-/m1/s1. The van der Waals surface area contributed by atoms with Crippen LogP contribution in [0.25, 0.3) is 0 Å². The highest BCUT2D eigenvalue weighted by Gasteiger charge is 2.22. The number of hydrogen-bond donors (Lipinski definition) is 2. The second-order valence-electron chi connectivity index (χ2n) is 4.95. The van der Waals surface area contributed by atoms with E-state index in [4.69, 9.17) is 11.6 Å². The highest BCUT2D eigenvalue weighted by Crippen LogP contribution is 2.15. The number of halogens is 1. The maximum absolute atomic E-state index is 12.2. The highest BCUT2D eigenvalue weighted by atomic mass is 35.5. The number of amides is 2. The molecule has 1 rings (SSSR count). The SMILES string of the molecule is CSCC[C@@H](NC(=O)c1ccccc1Cl)C(=O)NC(C)C. The molecule has 2 N–H and O–H groups in total. The fourth-order valence-electron chi connectivity index (χ4n) is 1.77. The van der Waals surface area contributed by atoms with Crippen molar-refractivity contribution in [3.05, 3.63) is 34.9 Å². The summed E-state index contributed by atoms with van der Waals surface area (Å²) in [5.41, 5.74) is 0.380. The van der Waals surface area contributed by atoms with E-state index in [1.54, 1.807) is 36.0 Å². The lowest BCUT2D eigenvalue weighted by molar-refractivity contribution is -0.123. The molecule has 0 saturated heterocycles. The Morgan fingerprint density at radius 2 is 1.90 bits per heavy atom. The molecule has 2 amide bonds. The second kappa shape index (κ2) is 8.95. The van der Waals surface area contributed by atoms with E-state index in [1.807, 2.05) is 20.1 Å². The van der Waals surface area contributed by atoms with Crippen LogP contribution in [-0.4, -0.2) is 35.9 Å². The smallest absolute Gasteiger partial charge is 0.253 e. The van der Waals surface area contributed by atoms with Crippen molar-refractivity contribution in [2.24, 2.45) is 0 Å². The van der Waals surface area contributed by atoms with Gasteiger partial charge in [-0.15, -0.1) is 0 Å². The van der Waals surface area contributed by atoms with Crippen LogP contribution in [0.4, 0.5) is 0 Å². The molecule has 0 saturated carbocycles. The summed E-state index contributed by atoms with van der Waals surface area (Å²) < 4.78 is 0. The molecule has 116 valence electrons. The van der Waals surface area contributed by atoms with Crippen LogP contribution in [0.1, 0.15) is 30.6 Å². The van der Waals surface area contributed by atoms with E-state index in [1.165, 1.54) is 0 Å². The van der Waals surface area contributed by atoms with Gasteiger partial charge in [0.05, 0.1) is 10.6 Å². The molecular formula is C15H21ClN2O2S. The van der Waals surface area contributed by atoms with Gasteiger partial charge in [0.1, 0.15) is 6.04 Å². The number of carbonyl (C=O) groups excluding carboxylic acids is 2. The summed E-state index contributed by atoms with van der Waals surface area (Å²) in [6.07, 6.45) is 2.54. The highest BCUT2D eigenvalue weighted by molar-refractivity contribution is 7.98. The predicted octanol–water partition coefficient (Wildman–Crippen LogP) is 2.72. The van der Waals surface area contributed by atoms with Gasteiger partial charge in [-0.25, -0.2) is 0 Å². The average molecular weight is 329 g/mol. The molecule has 0 unspecified atom stereocenters. The Morgan fingerprint density at radius 3 is 2.48 bits per heavy atom. The van der Waals surface area contributed by atoms with Crippen LogP contribution in [0, 0.1) is 0 Å². The van der Waals surface area contributed by atoms with Gasteiger partial charge >= 0.3 is 0 Å². The molecule has 4 nitrogen and oxygen atoms in total. The molecule has 0 aliphatic rings. The quantitative estimate of drug-likeness (QED) is 0.809. The number of nitrogens with one attached hydrogen (secondary N) is 2. The molecule has 0 aliphatic carbocycles. The summed E-state index contributed by atoms with van der Waals surface area (Å²) >= 11 is 7.64. The lowest BCUT2D eigenvalue weighted by Crippen LogP contribution is -2.48. The second-order valence-corrected chi connectivity index (χ2v) is 6.34. The Morgan fingerprint density at radius 1 is 1.24 bits per heavy atom. The first kappa shape index (κ1) is 17.9. The molecule has 1 atom stereocenters. The van der Waals surface area contributed by atoms with Gasteiger partial charge in [0.15, 0.2) is 0 Å². The van der Waals surface area contributed by atoms with Crippen molar-refractivity contribution in [1.29, 1.82) is 0 Å². The molecule has 0 radical (unpaired) electrons. The average Bonchev–Trinajstić information content (AvgIpc) is 2.42. The van der Waals surface area contributed by atoms with E-state index in [-0.39, 0.29) is 17.9 Å². The minimum atomic E-state index is -0.552. The van der Waals surface area contributed by atoms with Crippen molar-refractivity contribution < 1.29 is 9.59 Å². The topological polar surface area (TPSA) is 58.2 Å². The summed E-state index contributed by atoms with van der Waals surface area (Å²) in [5.74, 6) is 0.295. The number of thioether (sulfide) groups is 1. The van der Waals surface area contributed by atoms with Crippen LogP contribution in [0.15, 0.2) is 24.3 Å². The molecule has 0 fully saturated rings. The lowest BCUT2D eigenvalue weighted by Gasteiger charge is -2.20. The lowest BCUT2D eigenvalue weighted by atomic mass is 10.1. The molecule has 1 aromatic carbocycles. The van der Waals surface area contributed by atoms with Crippen molar-refractivity contribution in [1.82, 2.24) is 10.6 Å². The van der Waals surface area contributed by atoms with Crippen molar-refractivity contribution in [3.63, 3.8) is 0 Å². The zero-order valence-corrected chi connectivity index (χ0v) is 14.1. The van der Waals surface area contributed by atoms with Crippen LogP contribution in [0.3, 0.4) is 0 Å². The summed E-state index contributed by atoms with van der Waals surface area (Å²) in [6.45, 7) is 3.78.